The minimum Gasteiger partial charge on any atom is -0.301 e. The van der Waals surface area contributed by atoms with E-state index in [1.165, 1.54) is 16.0 Å². The molecule has 0 aliphatic carbocycles. The van der Waals surface area contributed by atoms with Crippen molar-refractivity contribution in [1.82, 2.24) is 0 Å². The summed E-state index contributed by atoms with van der Waals surface area (Å²) in [6, 6.07) is 14.5. The molecular formula is C24H25NOS3. The zero-order valence-electron chi connectivity index (χ0n) is 17.4. The maximum atomic E-state index is 14.0. The summed E-state index contributed by atoms with van der Waals surface area (Å²) in [7, 11) is 3.35. The fourth-order valence-electron chi connectivity index (χ4n) is 4.27. The maximum Gasteiger partial charge on any atom is 0.235 e. The van der Waals surface area contributed by atoms with Crippen LogP contribution in [0, 0.1) is 17.7 Å². The highest BCUT2D eigenvalue weighted by Gasteiger charge is 2.44. The Balaban J connectivity index is 1.95. The lowest BCUT2D eigenvalue weighted by molar-refractivity contribution is -0.121. The molecule has 5 heteroatoms. The second kappa shape index (κ2) is 7.46. The maximum absolute atomic E-state index is 14.0. The van der Waals surface area contributed by atoms with Crippen LogP contribution in [0.2, 0.25) is 0 Å². The van der Waals surface area contributed by atoms with Crippen LogP contribution in [0.15, 0.2) is 42.5 Å². The molecule has 29 heavy (non-hydrogen) atoms. The summed E-state index contributed by atoms with van der Waals surface area (Å²) >= 11 is 5.71. The Labute approximate surface area is 185 Å². The molecular weight excluding hydrogens is 414 g/mol. The van der Waals surface area contributed by atoms with Crippen LogP contribution in [-0.4, -0.2) is 5.91 Å². The number of carbonyl (C=O) groups is 1. The molecule has 2 aromatic carbocycles. The van der Waals surface area contributed by atoms with Crippen LogP contribution in [-0.2, 0) is 10.3 Å². The van der Waals surface area contributed by atoms with Crippen molar-refractivity contribution in [1.29, 1.82) is 0 Å². The summed E-state index contributed by atoms with van der Waals surface area (Å²) in [5, 5.41) is 0. The van der Waals surface area contributed by atoms with E-state index in [-0.39, 0.29) is 11.8 Å². The Hall–Kier alpha value is -1.82. The van der Waals surface area contributed by atoms with Gasteiger partial charge < -0.3 is 4.90 Å². The van der Waals surface area contributed by atoms with Gasteiger partial charge in [0, 0.05) is 11.1 Å². The van der Waals surface area contributed by atoms with Gasteiger partial charge in [-0.3, -0.25) is 4.79 Å². The highest BCUT2D eigenvalue weighted by atomic mass is 32.9. The van der Waals surface area contributed by atoms with Gasteiger partial charge in [-0.1, -0.05) is 70.2 Å². The first-order valence-electron chi connectivity index (χ1n) is 9.91. The van der Waals surface area contributed by atoms with Gasteiger partial charge in [0.2, 0.25) is 5.91 Å². The topological polar surface area (TPSA) is 20.3 Å². The Morgan fingerprint density at radius 2 is 1.76 bits per heavy atom. The van der Waals surface area contributed by atoms with Crippen molar-refractivity contribution in [3.63, 3.8) is 0 Å². The largest absolute Gasteiger partial charge is 0.301 e. The molecule has 0 saturated heterocycles. The number of anilines is 1. The number of fused-ring (bicyclic) bond motifs is 3. The molecule has 0 spiro atoms. The van der Waals surface area contributed by atoms with E-state index in [0.717, 1.165) is 32.6 Å². The first kappa shape index (κ1) is 20.5. The van der Waals surface area contributed by atoms with Crippen LogP contribution in [0.5, 0.6) is 0 Å². The molecule has 1 atom stereocenters. The number of benzene rings is 2. The second-order valence-corrected chi connectivity index (χ2v) is 11.0. The summed E-state index contributed by atoms with van der Waals surface area (Å²) in [4.78, 5) is 17.3. The first-order chi connectivity index (χ1) is 13.8. The molecule has 0 radical (unpaired) electrons. The minimum atomic E-state index is -0.443. The van der Waals surface area contributed by atoms with Crippen molar-refractivity contribution < 1.29 is 4.79 Å². The Morgan fingerprint density at radius 1 is 1.10 bits per heavy atom. The average molecular weight is 440 g/mol. The van der Waals surface area contributed by atoms with Crippen molar-refractivity contribution in [2.75, 3.05) is 4.90 Å². The smallest absolute Gasteiger partial charge is 0.235 e. The van der Waals surface area contributed by atoms with Gasteiger partial charge in [-0.2, -0.15) is 0 Å². The standard InChI is InChI=1S/C24H25NOS3/c1-6-17(16-10-8-7-9-11-16)22(26)25-19-13-15(3)14(2)12-18(19)20-21(24(25,4)5)28-29-23(20)27/h7-13,17H,6H2,1-5H3/t17-/m0/s1. The van der Waals surface area contributed by atoms with E-state index >= 15 is 0 Å². The van der Waals surface area contributed by atoms with Crippen LogP contribution in [0.4, 0.5) is 5.69 Å². The van der Waals surface area contributed by atoms with E-state index in [1.807, 2.05) is 23.1 Å². The van der Waals surface area contributed by atoms with Gasteiger partial charge in [-0.05, 0) is 62.9 Å². The van der Waals surface area contributed by atoms with Gasteiger partial charge in [-0.25, -0.2) is 0 Å². The quantitative estimate of drug-likeness (QED) is 0.309. The highest BCUT2D eigenvalue weighted by molar-refractivity contribution is 7.80. The number of nitrogens with zero attached hydrogens (tertiary/aromatic N) is 1. The molecule has 1 aromatic heterocycles. The monoisotopic (exact) mass is 439 g/mol. The fraction of sp³-hybridized carbons (Fsp3) is 0.333. The SMILES string of the molecule is CC[C@H](C(=O)N1c2cc(C)c(C)cc2-c2c(ssc2=S)C1(C)C)c1ccccc1. The molecule has 0 fully saturated rings. The van der Waals surface area contributed by atoms with Crippen LogP contribution in [0.1, 0.15) is 54.7 Å². The second-order valence-electron chi connectivity index (χ2n) is 8.22. The number of hydrogen-bond acceptors (Lipinski definition) is 4. The lowest BCUT2D eigenvalue weighted by atomic mass is 9.83. The molecule has 0 saturated carbocycles. The summed E-state index contributed by atoms with van der Waals surface area (Å²) < 4.78 is 0.921. The number of aryl methyl sites for hydroxylation is 2. The molecule has 3 aromatic rings. The third kappa shape index (κ3) is 3.20. The summed E-state index contributed by atoms with van der Waals surface area (Å²) in [6.45, 7) is 10.6. The van der Waals surface area contributed by atoms with Crippen molar-refractivity contribution in [2.45, 2.75) is 52.5 Å². The fourth-order valence-corrected chi connectivity index (χ4v) is 7.55. The van der Waals surface area contributed by atoms with Gasteiger partial charge >= 0.3 is 0 Å². The van der Waals surface area contributed by atoms with E-state index in [1.54, 1.807) is 20.7 Å². The first-order valence-corrected chi connectivity index (χ1v) is 12.5. The average Bonchev–Trinajstić information content (AvgIpc) is 3.08. The third-order valence-electron chi connectivity index (χ3n) is 6.00. The molecule has 4 rings (SSSR count). The predicted molar refractivity (Wildman–Crippen MR) is 128 cm³/mol. The Bertz CT molecular complexity index is 1140. The van der Waals surface area contributed by atoms with Gasteiger partial charge in [0.1, 0.15) is 3.82 Å². The minimum absolute atomic E-state index is 0.156. The van der Waals surface area contributed by atoms with Crippen molar-refractivity contribution in [3.05, 3.63) is 67.9 Å². The summed E-state index contributed by atoms with van der Waals surface area (Å²) in [5.41, 5.74) is 6.28. The predicted octanol–water partition coefficient (Wildman–Crippen LogP) is 7.60. The van der Waals surface area contributed by atoms with Crippen LogP contribution < -0.4 is 4.90 Å². The van der Waals surface area contributed by atoms with Gasteiger partial charge in [0.05, 0.1) is 22.0 Å². The van der Waals surface area contributed by atoms with E-state index in [2.05, 4.69) is 58.9 Å². The Kier molecular flexibility index (Phi) is 5.26. The zero-order chi connectivity index (χ0) is 20.9. The van der Waals surface area contributed by atoms with Crippen molar-refractivity contribution in [2.24, 2.45) is 0 Å². The van der Waals surface area contributed by atoms with E-state index in [4.69, 9.17) is 12.2 Å². The van der Waals surface area contributed by atoms with Crippen molar-refractivity contribution >= 4 is 44.5 Å². The van der Waals surface area contributed by atoms with Crippen molar-refractivity contribution in [3.8, 4) is 11.1 Å². The highest BCUT2D eigenvalue weighted by Crippen LogP contribution is 2.53. The normalized spacial score (nSPS) is 15.6. The lowest BCUT2D eigenvalue weighted by Crippen LogP contribution is -2.49. The van der Waals surface area contributed by atoms with Crippen LogP contribution in [0.3, 0.4) is 0 Å². The molecule has 0 bridgehead atoms. The van der Waals surface area contributed by atoms with E-state index < -0.39 is 5.54 Å². The molecule has 1 amide bonds. The number of rotatable bonds is 3. The van der Waals surface area contributed by atoms with Crippen LogP contribution in [0.25, 0.3) is 11.1 Å². The Morgan fingerprint density at radius 3 is 2.41 bits per heavy atom. The van der Waals surface area contributed by atoms with Gasteiger partial charge in [-0.15, -0.1) is 0 Å². The summed E-state index contributed by atoms with van der Waals surface area (Å²) in [5.74, 6) is -0.0127. The molecule has 2 nitrogen and oxygen atoms in total. The lowest BCUT2D eigenvalue weighted by Gasteiger charge is -2.44. The molecule has 0 unspecified atom stereocenters. The number of carbonyl (C=O) groups excluding carboxylic acids is 1. The third-order valence-corrected chi connectivity index (χ3v) is 9.33. The van der Waals surface area contributed by atoms with Gasteiger partial charge in [0.25, 0.3) is 0 Å². The number of amides is 1. The zero-order valence-corrected chi connectivity index (χ0v) is 19.9. The van der Waals surface area contributed by atoms with Gasteiger partial charge in [0.15, 0.2) is 0 Å². The molecule has 150 valence electrons. The molecule has 1 aliphatic rings. The van der Waals surface area contributed by atoms with Crippen LogP contribution >= 0.6 is 32.9 Å². The molecule has 0 N–H and O–H groups in total. The number of hydrogen-bond donors (Lipinski definition) is 0. The van der Waals surface area contributed by atoms with E-state index in [0.29, 0.717) is 0 Å². The summed E-state index contributed by atoms with van der Waals surface area (Å²) in [6.07, 6.45) is 0.766. The molecule has 1 aliphatic heterocycles. The van der Waals surface area contributed by atoms with E-state index in [9.17, 15) is 4.79 Å². The molecule has 2 heterocycles.